The normalized spacial score (nSPS) is 15.4. The molecule has 2 rings (SSSR count). The van der Waals surface area contributed by atoms with Crippen LogP contribution in [0.15, 0.2) is 18.2 Å². The molecule has 2 amide bonds. The number of urea groups is 1. The van der Waals surface area contributed by atoms with E-state index in [1.54, 1.807) is 25.2 Å². The Hall–Kier alpha value is -1.46. The van der Waals surface area contributed by atoms with Crippen LogP contribution < -0.4 is 10.1 Å². The van der Waals surface area contributed by atoms with Gasteiger partial charge >= 0.3 is 6.03 Å². The van der Waals surface area contributed by atoms with E-state index in [4.69, 9.17) is 16.3 Å². The number of ether oxygens (including phenoxy) is 1. The van der Waals surface area contributed by atoms with E-state index in [1.807, 2.05) is 6.92 Å². The molecule has 1 saturated carbocycles. The van der Waals surface area contributed by atoms with E-state index in [0.29, 0.717) is 35.5 Å². The molecular formula is C15H21ClN2O3. The molecule has 0 heterocycles. The van der Waals surface area contributed by atoms with Crippen LogP contribution in [0.4, 0.5) is 10.5 Å². The molecule has 0 spiro atoms. The van der Waals surface area contributed by atoms with Crippen molar-refractivity contribution in [2.45, 2.75) is 25.9 Å². The Bertz CT molecular complexity index is 506. The Morgan fingerprint density at radius 3 is 2.90 bits per heavy atom. The first-order valence-corrected chi connectivity index (χ1v) is 7.52. The fraction of sp³-hybridized carbons (Fsp3) is 0.533. The van der Waals surface area contributed by atoms with Crippen LogP contribution in [0, 0.1) is 5.92 Å². The molecule has 1 aliphatic carbocycles. The number of carbonyl (C=O) groups is 1. The predicted molar refractivity (Wildman–Crippen MR) is 83.0 cm³/mol. The van der Waals surface area contributed by atoms with Gasteiger partial charge < -0.3 is 20.1 Å². The van der Waals surface area contributed by atoms with Crippen molar-refractivity contribution in [2.24, 2.45) is 5.92 Å². The minimum atomic E-state index is -0.452. The smallest absolute Gasteiger partial charge is 0.321 e. The predicted octanol–water partition coefficient (Wildman–Crippen LogP) is 2.97. The lowest BCUT2D eigenvalue weighted by Gasteiger charge is -2.22. The molecule has 0 aromatic heterocycles. The highest BCUT2D eigenvalue weighted by atomic mass is 35.5. The van der Waals surface area contributed by atoms with Crippen molar-refractivity contribution in [3.05, 3.63) is 23.2 Å². The van der Waals surface area contributed by atoms with Gasteiger partial charge in [-0.2, -0.15) is 0 Å². The number of hydrogen-bond acceptors (Lipinski definition) is 3. The highest BCUT2D eigenvalue weighted by Gasteiger charge is 2.31. The minimum absolute atomic E-state index is 0.294. The number of nitrogens with one attached hydrogen (secondary N) is 1. The average Bonchev–Trinajstić information content (AvgIpc) is 3.27. The monoisotopic (exact) mass is 312 g/mol. The largest absolute Gasteiger partial charge is 0.490 e. The molecule has 116 valence electrons. The molecule has 0 radical (unpaired) electrons. The lowest BCUT2D eigenvalue weighted by Crippen LogP contribution is -2.38. The van der Waals surface area contributed by atoms with Crippen LogP contribution in [-0.2, 0) is 0 Å². The summed E-state index contributed by atoms with van der Waals surface area (Å²) in [6, 6.07) is 4.90. The van der Waals surface area contributed by atoms with E-state index in [9.17, 15) is 9.90 Å². The van der Waals surface area contributed by atoms with Gasteiger partial charge in [-0.05, 0) is 37.8 Å². The molecule has 1 atom stereocenters. The van der Waals surface area contributed by atoms with Gasteiger partial charge in [0.25, 0.3) is 0 Å². The number of carbonyl (C=O) groups excluding carboxylic acids is 1. The van der Waals surface area contributed by atoms with Gasteiger partial charge in [0, 0.05) is 13.6 Å². The molecule has 1 fully saturated rings. The zero-order chi connectivity index (χ0) is 15.4. The molecule has 6 heteroatoms. The van der Waals surface area contributed by atoms with Crippen LogP contribution in [0.2, 0.25) is 5.02 Å². The van der Waals surface area contributed by atoms with Gasteiger partial charge in [-0.3, -0.25) is 0 Å². The summed E-state index contributed by atoms with van der Waals surface area (Å²) in [7, 11) is 1.66. The van der Waals surface area contributed by atoms with Crippen molar-refractivity contribution < 1.29 is 14.6 Å². The Balaban J connectivity index is 1.99. The lowest BCUT2D eigenvalue weighted by molar-refractivity contribution is 0.117. The van der Waals surface area contributed by atoms with Gasteiger partial charge in [-0.25, -0.2) is 4.79 Å². The molecule has 1 aliphatic rings. The fourth-order valence-corrected chi connectivity index (χ4v) is 2.33. The van der Waals surface area contributed by atoms with E-state index >= 15 is 0 Å². The number of halogens is 1. The molecular weight excluding hydrogens is 292 g/mol. The SMILES string of the molecule is CCOc1c(Cl)cccc1NC(=O)N(C)CC(O)C1CC1. The molecule has 1 aromatic rings. The van der Waals surface area contributed by atoms with Crippen molar-refractivity contribution >= 4 is 23.3 Å². The van der Waals surface area contributed by atoms with E-state index in [-0.39, 0.29) is 6.03 Å². The quantitative estimate of drug-likeness (QED) is 0.849. The van der Waals surface area contributed by atoms with Crippen LogP contribution >= 0.6 is 11.6 Å². The highest BCUT2D eigenvalue weighted by Crippen LogP contribution is 2.34. The number of aliphatic hydroxyl groups excluding tert-OH is 1. The van der Waals surface area contributed by atoms with Crippen molar-refractivity contribution in [3.63, 3.8) is 0 Å². The second-order valence-corrected chi connectivity index (χ2v) is 5.67. The second-order valence-electron chi connectivity index (χ2n) is 5.26. The standard InChI is InChI=1S/C15H21ClN2O3/c1-3-21-14-11(16)5-4-6-12(14)17-15(20)18(2)9-13(19)10-7-8-10/h4-6,10,13,19H,3,7-9H2,1-2H3,(H,17,20). The molecule has 0 aliphatic heterocycles. The summed E-state index contributed by atoms with van der Waals surface area (Å²) < 4.78 is 5.46. The first kappa shape index (κ1) is 15.9. The van der Waals surface area contributed by atoms with E-state index in [2.05, 4.69) is 5.32 Å². The molecule has 21 heavy (non-hydrogen) atoms. The van der Waals surface area contributed by atoms with E-state index in [0.717, 1.165) is 12.8 Å². The number of benzene rings is 1. The number of nitrogens with zero attached hydrogens (tertiary/aromatic N) is 1. The maximum atomic E-state index is 12.2. The van der Waals surface area contributed by atoms with Gasteiger partial charge in [-0.1, -0.05) is 17.7 Å². The van der Waals surface area contributed by atoms with Crippen molar-refractivity contribution in [3.8, 4) is 5.75 Å². The number of rotatable bonds is 6. The van der Waals surface area contributed by atoms with Crippen molar-refractivity contribution in [2.75, 3.05) is 25.5 Å². The number of para-hydroxylation sites is 1. The maximum absolute atomic E-state index is 12.2. The molecule has 0 saturated heterocycles. The van der Waals surface area contributed by atoms with Crippen LogP contribution in [0.1, 0.15) is 19.8 Å². The van der Waals surface area contributed by atoms with Gasteiger partial charge in [0.2, 0.25) is 0 Å². The van der Waals surface area contributed by atoms with Crippen molar-refractivity contribution in [1.29, 1.82) is 0 Å². The van der Waals surface area contributed by atoms with E-state index < -0.39 is 6.10 Å². The first-order valence-electron chi connectivity index (χ1n) is 7.14. The van der Waals surface area contributed by atoms with Crippen molar-refractivity contribution in [1.82, 2.24) is 4.90 Å². The number of hydrogen-bond donors (Lipinski definition) is 2. The van der Waals surface area contributed by atoms with Gasteiger partial charge in [0.15, 0.2) is 5.75 Å². The lowest BCUT2D eigenvalue weighted by atomic mass is 10.2. The summed E-state index contributed by atoms with van der Waals surface area (Å²) in [6.07, 6.45) is 1.63. The van der Waals surface area contributed by atoms with Gasteiger partial charge in [0.05, 0.1) is 23.4 Å². The van der Waals surface area contributed by atoms with Crippen LogP contribution in [0.25, 0.3) is 0 Å². The fourth-order valence-electron chi connectivity index (χ4n) is 2.10. The number of likely N-dealkylation sites (N-methyl/N-ethyl adjacent to an activating group) is 1. The summed E-state index contributed by atoms with van der Waals surface area (Å²) in [4.78, 5) is 13.6. The summed E-state index contributed by atoms with van der Waals surface area (Å²) in [6.45, 7) is 2.64. The Kier molecular flexibility index (Phi) is 5.31. The molecule has 0 bridgehead atoms. The number of anilines is 1. The summed E-state index contributed by atoms with van der Waals surface area (Å²) >= 11 is 6.08. The topological polar surface area (TPSA) is 61.8 Å². The molecule has 2 N–H and O–H groups in total. The Morgan fingerprint density at radius 1 is 1.57 bits per heavy atom. The van der Waals surface area contributed by atoms with Crippen LogP contribution in [0.3, 0.4) is 0 Å². The summed E-state index contributed by atoms with van der Waals surface area (Å²) in [5.41, 5.74) is 0.530. The average molecular weight is 313 g/mol. The third-order valence-corrected chi connectivity index (χ3v) is 3.77. The third kappa shape index (κ3) is 4.25. The third-order valence-electron chi connectivity index (χ3n) is 3.47. The van der Waals surface area contributed by atoms with Gasteiger partial charge in [0.1, 0.15) is 0 Å². The van der Waals surface area contributed by atoms with Crippen LogP contribution in [0.5, 0.6) is 5.75 Å². The maximum Gasteiger partial charge on any atom is 0.321 e. The van der Waals surface area contributed by atoms with Gasteiger partial charge in [-0.15, -0.1) is 0 Å². The molecule has 5 nitrogen and oxygen atoms in total. The summed E-state index contributed by atoms with van der Waals surface area (Å²) in [5, 5.41) is 13.1. The van der Waals surface area contributed by atoms with E-state index in [1.165, 1.54) is 4.90 Å². The Morgan fingerprint density at radius 2 is 2.29 bits per heavy atom. The molecule has 1 unspecified atom stereocenters. The second kappa shape index (κ2) is 7.00. The molecule has 1 aromatic carbocycles. The minimum Gasteiger partial charge on any atom is -0.490 e. The zero-order valence-electron chi connectivity index (χ0n) is 12.3. The Labute approximate surface area is 129 Å². The first-order chi connectivity index (χ1) is 10.0. The zero-order valence-corrected chi connectivity index (χ0v) is 13.1. The highest BCUT2D eigenvalue weighted by molar-refractivity contribution is 6.32. The summed E-state index contributed by atoms with van der Waals surface area (Å²) in [5.74, 6) is 0.802. The number of aliphatic hydroxyl groups is 1. The number of amides is 2. The van der Waals surface area contributed by atoms with Crippen LogP contribution in [-0.4, -0.2) is 42.3 Å².